The summed E-state index contributed by atoms with van der Waals surface area (Å²) in [5.41, 5.74) is 1.76. The van der Waals surface area contributed by atoms with Crippen LogP contribution in [0.15, 0.2) is 140 Å². The van der Waals surface area contributed by atoms with Gasteiger partial charge in [0, 0.05) is 17.2 Å². The first-order valence-corrected chi connectivity index (χ1v) is 18.1. The van der Waals surface area contributed by atoms with Gasteiger partial charge in [0.1, 0.15) is 4.90 Å². The molecule has 54 heavy (non-hydrogen) atoms. The molecule has 19 heteroatoms. The van der Waals surface area contributed by atoms with Crippen LogP contribution in [-0.2, 0) is 20.2 Å². The maximum atomic E-state index is 11.7. The van der Waals surface area contributed by atoms with E-state index in [-0.39, 0.29) is 17.0 Å². The number of nitro groups is 1. The van der Waals surface area contributed by atoms with Gasteiger partial charge in [0.15, 0.2) is 17.2 Å². The number of rotatable bonds is 15. The summed E-state index contributed by atoms with van der Waals surface area (Å²) < 4.78 is 64.8. The van der Waals surface area contributed by atoms with Gasteiger partial charge in [0.2, 0.25) is 5.75 Å². The molecule has 0 atom stereocenters. The SMILES string of the molecule is Cc1cc(/C=N/Oc2ccc(/C=N/Oc3ccc(/C=N/Oc4ccccc4)cc3[N+](=O)[O-])cc2)ccc1O/N=C/c1ccc(S(=O)(=O)O)cc1S(=O)(=O)O. The summed E-state index contributed by atoms with van der Waals surface area (Å²) in [6.07, 6.45) is 5.10. The van der Waals surface area contributed by atoms with Crippen molar-refractivity contribution in [2.24, 2.45) is 20.6 Å². The Hall–Kier alpha value is -6.80. The molecule has 0 aromatic heterocycles. The number of nitrogens with zero attached hydrogens (tertiary/aromatic N) is 5. The summed E-state index contributed by atoms with van der Waals surface area (Å²) in [5.74, 6) is 1.13. The van der Waals surface area contributed by atoms with Crippen molar-refractivity contribution < 1.29 is 50.2 Å². The van der Waals surface area contributed by atoms with E-state index in [0.717, 1.165) is 18.3 Å². The second-order valence-electron chi connectivity index (χ2n) is 10.8. The standard InChI is InChI=1S/C35H27N5O12S2/c1-24-17-26(9-15-33(24)51-39-23-28-11-14-31(53(43,44)45)19-35(28)54(46,47)48)21-36-50-30-12-7-25(8-13-30)20-38-52-34-16-10-27(18-32(34)40(41)42)22-37-49-29-5-3-2-4-6-29/h2-23H,1H3,(H,43,44,45)(H,46,47,48)/b36-21+,37-22+,38-20+,39-23+. The highest BCUT2D eigenvalue weighted by Crippen LogP contribution is 2.28. The number of nitro benzene ring substituents is 1. The number of aryl methyl sites for hydroxylation is 1. The van der Waals surface area contributed by atoms with E-state index < -0.39 is 35.0 Å². The van der Waals surface area contributed by atoms with Crippen LogP contribution in [0.4, 0.5) is 5.69 Å². The number of para-hydroxylation sites is 1. The third-order valence-corrected chi connectivity index (χ3v) is 8.74. The van der Waals surface area contributed by atoms with Gasteiger partial charge in [-0.25, -0.2) is 0 Å². The molecule has 0 fully saturated rings. The Kier molecular flexibility index (Phi) is 12.2. The molecule has 5 rings (SSSR count). The van der Waals surface area contributed by atoms with Crippen LogP contribution >= 0.6 is 0 Å². The maximum absolute atomic E-state index is 11.7. The van der Waals surface area contributed by atoms with Crippen molar-refractivity contribution in [2.45, 2.75) is 16.7 Å². The van der Waals surface area contributed by atoms with Crippen molar-refractivity contribution >= 4 is 50.8 Å². The monoisotopic (exact) mass is 773 g/mol. The van der Waals surface area contributed by atoms with Gasteiger partial charge in [-0.1, -0.05) is 44.9 Å². The minimum absolute atomic E-state index is 0.0742. The van der Waals surface area contributed by atoms with Gasteiger partial charge in [0.05, 0.1) is 34.7 Å². The van der Waals surface area contributed by atoms with Crippen LogP contribution in [0.1, 0.15) is 27.8 Å². The lowest BCUT2D eigenvalue weighted by molar-refractivity contribution is -0.385. The molecule has 0 aliphatic carbocycles. The van der Waals surface area contributed by atoms with Crippen molar-refractivity contribution in [3.8, 4) is 23.0 Å². The van der Waals surface area contributed by atoms with Gasteiger partial charge in [-0.15, -0.1) is 0 Å². The Morgan fingerprint density at radius 1 is 0.593 bits per heavy atom. The summed E-state index contributed by atoms with van der Waals surface area (Å²) >= 11 is 0. The van der Waals surface area contributed by atoms with Crippen molar-refractivity contribution in [3.63, 3.8) is 0 Å². The molecular formula is C35H27N5O12S2. The predicted molar refractivity (Wildman–Crippen MR) is 196 cm³/mol. The van der Waals surface area contributed by atoms with E-state index in [2.05, 4.69) is 20.6 Å². The summed E-state index contributed by atoms with van der Waals surface area (Å²) in [6, 6.07) is 27.1. The van der Waals surface area contributed by atoms with E-state index in [4.69, 9.17) is 19.4 Å². The molecule has 0 spiro atoms. The van der Waals surface area contributed by atoms with Crippen LogP contribution in [0.2, 0.25) is 0 Å². The van der Waals surface area contributed by atoms with Gasteiger partial charge < -0.3 is 19.4 Å². The van der Waals surface area contributed by atoms with Crippen molar-refractivity contribution in [1.82, 2.24) is 0 Å². The quantitative estimate of drug-likeness (QED) is 0.0535. The molecule has 0 unspecified atom stereocenters. The smallest absolute Gasteiger partial charge is 0.315 e. The first-order valence-electron chi connectivity index (χ1n) is 15.2. The lowest BCUT2D eigenvalue weighted by Gasteiger charge is -2.06. The van der Waals surface area contributed by atoms with Crippen LogP contribution < -0.4 is 19.4 Å². The minimum atomic E-state index is -4.87. The molecule has 17 nitrogen and oxygen atoms in total. The van der Waals surface area contributed by atoms with Gasteiger partial charge in [-0.3, -0.25) is 19.2 Å². The maximum Gasteiger partial charge on any atom is 0.315 e. The molecule has 0 amide bonds. The van der Waals surface area contributed by atoms with Crippen LogP contribution in [0, 0.1) is 17.0 Å². The fraction of sp³-hybridized carbons (Fsp3) is 0.0286. The predicted octanol–water partition coefficient (Wildman–Crippen LogP) is 6.05. The van der Waals surface area contributed by atoms with E-state index >= 15 is 0 Å². The summed E-state index contributed by atoms with van der Waals surface area (Å²) in [5, 5.41) is 27.0. The largest absolute Gasteiger partial charge is 0.357 e. The molecular weight excluding hydrogens is 747 g/mol. The Bertz CT molecular complexity index is 2490. The molecule has 0 aliphatic rings. The molecule has 5 aromatic rings. The highest BCUT2D eigenvalue weighted by molar-refractivity contribution is 7.86. The second-order valence-corrected chi connectivity index (χ2v) is 13.7. The minimum Gasteiger partial charge on any atom is -0.357 e. The van der Waals surface area contributed by atoms with Crippen LogP contribution in [0.3, 0.4) is 0 Å². The Morgan fingerprint density at radius 3 is 1.74 bits per heavy atom. The zero-order valence-corrected chi connectivity index (χ0v) is 29.4. The first kappa shape index (κ1) is 38.4. The van der Waals surface area contributed by atoms with Crippen LogP contribution in [0.5, 0.6) is 23.0 Å². The number of benzene rings is 5. The Balaban J connectivity index is 1.14. The fourth-order valence-electron chi connectivity index (χ4n) is 4.37. The molecule has 0 heterocycles. The van der Waals surface area contributed by atoms with Crippen molar-refractivity contribution in [2.75, 3.05) is 0 Å². The number of hydrogen-bond donors (Lipinski definition) is 2. The van der Waals surface area contributed by atoms with Gasteiger partial charge in [0.25, 0.3) is 20.2 Å². The third kappa shape index (κ3) is 10.9. The topological polar surface area (TPSA) is 238 Å². The fourth-order valence-corrected chi connectivity index (χ4v) is 5.65. The molecule has 0 saturated heterocycles. The van der Waals surface area contributed by atoms with Crippen molar-refractivity contribution in [3.05, 3.63) is 147 Å². The third-order valence-electron chi connectivity index (χ3n) is 6.98. The highest BCUT2D eigenvalue weighted by atomic mass is 32.2. The summed E-state index contributed by atoms with van der Waals surface area (Å²) in [6.45, 7) is 1.71. The van der Waals surface area contributed by atoms with Gasteiger partial charge in [-0.2, -0.15) is 16.8 Å². The number of hydrogen-bond acceptors (Lipinski definition) is 14. The van der Waals surface area contributed by atoms with E-state index in [1.54, 1.807) is 79.7 Å². The van der Waals surface area contributed by atoms with E-state index in [0.29, 0.717) is 45.6 Å². The summed E-state index contributed by atoms with van der Waals surface area (Å²) in [4.78, 5) is 30.8. The average Bonchev–Trinajstić information content (AvgIpc) is 3.13. The lowest BCUT2D eigenvalue weighted by atomic mass is 10.1. The highest BCUT2D eigenvalue weighted by Gasteiger charge is 2.20. The zero-order valence-electron chi connectivity index (χ0n) is 27.7. The Labute approximate surface area is 307 Å². The molecule has 0 saturated carbocycles. The second kappa shape index (κ2) is 17.1. The van der Waals surface area contributed by atoms with Gasteiger partial charge in [-0.05, 0) is 102 Å². The number of oxime groups is 4. The van der Waals surface area contributed by atoms with Gasteiger partial charge >= 0.3 is 5.69 Å². The van der Waals surface area contributed by atoms with E-state index in [9.17, 15) is 36.1 Å². The van der Waals surface area contributed by atoms with Crippen molar-refractivity contribution in [1.29, 1.82) is 0 Å². The molecule has 0 radical (unpaired) electrons. The van der Waals surface area contributed by atoms with Crippen LogP contribution in [-0.4, -0.2) is 55.7 Å². The lowest BCUT2D eigenvalue weighted by Crippen LogP contribution is -2.07. The molecule has 2 N–H and O–H groups in total. The van der Waals surface area contributed by atoms with Crippen LogP contribution in [0.25, 0.3) is 0 Å². The van der Waals surface area contributed by atoms with E-state index in [1.807, 2.05) is 6.07 Å². The normalized spacial score (nSPS) is 12.1. The first-order chi connectivity index (χ1) is 25.8. The zero-order chi connectivity index (χ0) is 38.7. The molecule has 5 aromatic carbocycles. The molecule has 276 valence electrons. The molecule has 0 aliphatic heterocycles. The summed E-state index contributed by atoms with van der Waals surface area (Å²) in [7, 11) is -9.59. The average molecular weight is 774 g/mol. The molecule has 0 bridgehead atoms. The van der Waals surface area contributed by atoms with E-state index in [1.165, 1.54) is 30.8 Å². The Morgan fingerprint density at radius 2 is 1.13 bits per heavy atom.